The zero-order chi connectivity index (χ0) is 16.7. The Hall–Kier alpha value is -2.02. The Kier molecular flexibility index (Phi) is 3.69. The maximum Gasteiger partial charge on any atom is 0.135 e. The molecule has 25 heavy (non-hydrogen) atoms. The van der Waals surface area contributed by atoms with Crippen LogP contribution in [-0.2, 0) is 24.4 Å². The fourth-order valence-electron chi connectivity index (χ4n) is 3.96. The molecular weight excluding hydrogens is 332 g/mol. The van der Waals surface area contributed by atoms with Crippen LogP contribution in [0.3, 0.4) is 0 Å². The first-order chi connectivity index (χ1) is 12.3. The first-order valence-electron chi connectivity index (χ1n) is 8.64. The van der Waals surface area contributed by atoms with Crippen molar-refractivity contribution in [2.75, 3.05) is 13.1 Å². The molecule has 1 saturated heterocycles. The third-order valence-electron chi connectivity index (χ3n) is 5.23. The van der Waals surface area contributed by atoms with Crippen molar-refractivity contribution in [3.05, 3.63) is 58.9 Å². The molecule has 0 bridgehead atoms. The van der Waals surface area contributed by atoms with Gasteiger partial charge in [0, 0.05) is 43.0 Å². The van der Waals surface area contributed by atoms with E-state index in [1.165, 1.54) is 16.8 Å². The van der Waals surface area contributed by atoms with Crippen LogP contribution < -0.4 is 0 Å². The van der Waals surface area contributed by atoms with Crippen molar-refractivity contribution in [2.45, 2.75) is 31.7 Å². The van der Waals surface area contributed by atoms with Gasteiger partial charge in [0.25, 0.3) is 0 Å². The molecule has 128 valence electrons. The van der Waals surface area contributed by atoms with E-state index in [0.29, 0.717) is 6.61 Å². The number of hydrogen-bond donors (Lipinski definition) is 0. The number of aromatic nitrogens is 3. The van der Waals surface area contributed by atoms with Gasteiger partial charge in [-0.2, -0.15) is 11.3 Å². The van der Waals surface area contributed by atoms with Gasteiger partial charge < -0.3 is 9.30 Å². The molecule has 0 unspecified atom stereocenters. The van der Waals surface area contributed by atoms with Crippen LogP contribution in [-0.4, -0.2) is 38.1 Å². The Bertz CT molecular complexity index is 861. The topological polar surface area (TPSA) is 43.2 Å². The molecule has 3 aromatic rings. The Morgan fingerprint density at radius 1 is 1.24 bits per heavy atom. The van der Waals surface area contributed by atoms with Crippen LogP contribution in [0, 0.1) is 0 Å². The van der Waals surface area contributed by atoms with Gasteiger partial charge in [-0.1, -0.05) is 6.07 Å². The van der Waals surface area contributed by atoms with Crippen molar-refractivity contribution < 1.29 is 4.74 Å². The minimum absolute atomic E-state index is 0.0965. The van der Waals surface area contributed by atoms with Crippen molar-refractivity contribution in [3.8, 4) is 11.3 Å². The van der Waals surface area contributed by atoms with Crippen molar-refractivity contribution in [1.82, 2.24) is 19.4 Å². The third kappa shape index (κ3) is 2.80. The average molecular weight is 352 g/mol. The molecule has 0 aromatic carbocycles. The summed E-state index contributed by atoms with van der Waals surface area (Å²) in [6.07, 6.45) is 6.83. The van der Waals surface area contributed by atoms with Crippen molar-refractivity contribution in [3.63, 3.8) is 0 Å². The van der Waals surface area contributed by atoms with Gasteiger partial charge in [0.15, 0.2) is 0 Å². The molecule has 6 heteroatoms. The van der Waals surface area contributed by atoms with Crippen LogP contribution >= 0.6 is 11.3 Å². The lowest BCUT2D eigenvalue weighted by Crippen LogP contribution is -2.44. The first kappa shape index (κ1) is 15.3. The summed E-state index contributed by atoms with van der Waals surface area (Å²) in [5.74, 6) is 1.04. The summed E-state index contributed by atoms with van der Waals surface area (Å²) in [5.41, 5.74) is 3.63. The highest BCUT2D eigenvalue weighted by Gasteiger charge is 2.43. The highest BCUT2D eigenvalue weighted by molar-refractivity contribution is 7.08. The highest BCUT2D eigenvalue weighted by Crippen LogP contribution is 2.35. The Morgan fingerprint density at radius 2 is 2.24 bits per heavy atom. The van der Waals surface area contributed by atoms with Gasteiger partial charge in [-0.25, -0.2) is 4.98 Å². The van der Waals surface area contributed by atoms with E-state index in [-0.39, 0.29) is 5.60 Å². The standard InChI is InChI=1S/C19H20N4OS/c1-2-15(8-20-5-1)10-22-6-4-19(13-22)14-23-17(16-3-7-25-12-16)9-21-18(23)11-24-19/h1-3,5,7-9,12H,4,6,10-11,13-14H2/t19-/m1/s1. The SMILES string of the molecule is c1cncc(CN2CC[C@@]3(C2)Cn2c(-c4ccsc4)cnc2CO3)c1. The summed E-state index contributed by atoms with van der Waals surface area (Å²) in [5, 5.41) is 4.31. The lowest BCUT2D eigenvalue weighted by atomic mass is 10.0. The van der Waals surface area contributed by atoms with E-state index in [1.807, 2.05) is 24.7 Å². The van der Waals surface area contributed by atoms with Crippen LogP contribution in [0.5, 0.6) is 0 Å². The fraction of sp³-hybridized carbons (Fsp3) is 0.368. The Balaban J connectivity index is 1.36. The maximum absolute atomic E-state index is 6.31. The number of hydrogen-bond acceptors (Lipinski definition) is 5. The number of ether oxygens (including phenoxy) is 1. The lowest BCUT2D eigenvalue weighted by molar-refractivity contribution is -0.0821. The van der Waals surface area contributed by atoms with Crippen LogP contribution in [0.25, 0.3) is 11.3 Å². The van der Waals surface area contributed by atoms with Crippen molar-refractivity contribution in [1.29, 1.82) is 0 Å². The lowest BCUT2D eigenvalue weighted by Gasteiger charge is -2.35. The number of pyridine rings is 1. The number of likely N-dealkylation sites (tertiary alicyclic amines) is 1. The molecule has 0 saturated carbocycles. The van der Waals surface area contributed by atoms with Crippen molar-refractivity contribution in [2.24, 2.45) is 0 Å². The molecule has 2 aliphatic heterocycles. The molecule has 1 atom stereocenters. The summed E-state index contributed by atoms with van der Waals surface area (Å²) in [7, 11) is 0. The van der Waals surface area contributed by atoms with Gasteiger partial charge in [-0.15, -0.1) is 0 Å². The Labute approximate surface area is 150 Å². The van der Waals surface area contributed by atoms with Crippen LogP contribution in [0.1, 0.15) is 17.8 Å². The van der Waals surface area contributed by atoms with Crippen LogP contribution in [0.2, 0.25) is 0 Å². The van der Waals surface area contributed by atoms with E-state index >= 15 is 0 Å². The van der Waals surface area contributed by atoms with E-state index in [2.05, 4.69) is 42.3 Å². The number of rotatable bonds is 3. The molecule has 0 N–H and O–H groups in total. The molecule has 1 fully saturated rings. The predicted octanol–water partition coefficient (Wildman–Crippen LogP) is 3.18. The second kappa shape index (κ2) is 6.05. The maximum atomic E-state index is 6.31. The van der Waals surface area contributed by atoms with Crippen LogP contribution in [0.15, 0.2) is 47.5 Å². The molecule has 0 aliphatic carbocycles. The molecular formula is C19H20N4OS. The van der Waals surface area contributed by atoms with Gasteiger partial charge in [0.1, 0.15) is 18.0 Å². The van der Waals surface area contributed by atoms with E-state index in [4.69, 9.17) is 4.74 Å². The third-order valence-corrected chi connectivity index (χ3v) is 5.92. The van der Waals surface area contributed by atoms with Crippen molar-refractivity contribution >= 4 is 11.3 Å². The minimum atomic E-state index is -0.0965. The molecule has 0 amide bonds. The monoisotopic (exact) mass is 352 g/mol. The van der Waals surface area contributed by atoms with E-state index in [0.717, 1.165) is 38.4 Å². The fourth-order valence-corrected chi connectivity index (χ4v) is 4.61. The summed E-state index contributed by atoms with van der Waals surface area (Å²) in [4.78, 5) is 11.3. The van der Waals surface area contributed by atoms with E-state index in [1.54, 1.807) is 11.3 Å². The van der Waals surface area contributed by atoms with Gasteiger partial charge >= 0.3 is 0 Å². The number of fused-ring (bicyclic) bond motifs is 1. The van der Waals surface area contributed by atoms with Gasteiger partial charge in [-0.05, 0) is 29.5 Å². The normalized spacial score (nSPS) is 23.2. The molecule has 5 nitrogen and oxygen atoms in total. The summed E-state index contributed by atoms with van der Waals surface area (Å²) >= 11 is 1.73. The molecule has 0 radical (unpaired) electrons. The second-order valence-electron chi connectivity index (χ2n) is 6.95. The number of imidazole rings is 1. The smallest absolute Gasteiger partial charge is 0.135 e. The quantitative estimate of drug-likeness (QED) is 0.726. The number of nitrogens with zero attached hydrogens (tertiary/aromatic N) is 4. The summed E-state index contributed by atoms with van der Waals surface area (Å²) in [6.45, 7) is 4.45. The van der Waals surface area contributed by atoms with Gasteiger partial charge in [0.05, 0.1) is 18.4 Å². The average Bonchev–Trinajstić information content (AvgIpc) is 3.36. The largest absolute Gasteiger partial charge is 0.364 e. The second-order valence-corrected chi connectivity index (χ2v) is 7.73. The summed E-state index contributed by atoms with van der Waals surface area (Å²) in [6, 6.07) is 6.31. The zero-order valence-corrected chi connectivity index (χ0v) is 14.8. The molecule has 5 heterocycles. The van der Waals surface area contributed by atoms with Gasteiger partial charge in [0.2, 0.25) is 0 Å². The van der Waals surface area contributed by atoms with E-state index in [9.17, 15) is 0 Å². The first-order valence-corrected chi connectivity index (χ1v) is 9.58. The minimum Gasteiger partial charge on any atom is -0.364 e. The predicted molar refractivity (Wildman–Crippen MR) is 97.2 cm³/mol. The molecule has 3 aromatic heterocycles. The molecule has 2 aliphatic rings. The number of thiophene rings is 1. The zero-order valence-electron chi connectivity index (χ0n) is 14.0. The van der Waals surface area contributed by atoms with E-state index < -0.39 is 0 Å². The highest BCUT2D eigenvalue weighted by atomic mass is 32.1. The Morgan fingerprint density at radius 3 is 3.08 bits per heavy atom. The molecule has 5 rings (SSSR count). The van der Waals surface area contributed by atoms with Crippen LogP contribution in [0.4, 0.5) is 0 Å². The van der Waals surface area contributed by atoms with Gasteiger partial charge in [-0.3, -0.25) is 9.88 Å². The molecule has 1 spiro atoms. The summed E-state index contributed by atoms with van der Waals surface area (Å²) < 4.78 is 8.67.